The summed E-state index contributed by atoms with van der Waals surface area (Å²) < 4.78 is 13.0. The first kappa shape index (κ1) is 20.3. The van der Waals surface area contributed by atoms with Gasteiger partial charge >= 0.3 is 5.97 Å². The molecule has 0 aliphatic heterocycles. The number of hydrogen-bond donors (Lipinski definition) is 4. The lowest BCUT2D eigenvalue weighted by Gasteiger charge is -2.08. The first-order valence-electron chi connectivity index (χ1n) is 7.89. The molecule has 9 heteroatoms. The SMILES string of the molecule is NC(=NCc1ccc(F)cc1Cl)NC(=O)c1ccc(C[C@H](N)C(=O)O)cc1. The molecule has 7 nitrogen and oxygen atoms in total. The fourth-order valence-electron chi connectivity index (χ4n) is 2.18. The van der Waals surface area contributed by atoms with Crippen molar-refractivity contribution >= 4 is 29.4 Å². The van der Waals surface area contributed by atoms with Crippen LogP contribution in [0.1, 0.15) is 21.5 Å². The maximum Gasteiger partial charge on any atom is 0.320 e. The Labute approximate surface area is 159 Å². The van der Waals surface area contributed by atoms with Gasteiger partial charge in [-0.25, -0.2) is 9.38 Å². The summed E-state index contributed by atoms with van der Waals surface area (Å²) in [6, 6.07) is 9.18. The van der Waals surface area contributed by atoms with Crippen LogP contribution in [-0.2, 0) is 17.8 Å². The predicted molar refractivity (Wildman–Crippen MR) is 100.0 cm³/mol. The molecule has 2 aromatic rings. The molecule has 0 heterocycles. The highest BCUT2D eigenvalue weighted by molar-refractivity contribution is 6.31. The highest BCUT2D eigenvalue weighted by Gasteiger charge is 2.13. The van der Waals surface area contributed by atoms with Crippen LogP contribution in [0.3, 0.4) is 0 Å². The van der Waals surface area contributed by atoms with Gasteiger partial charge in [0.1, 0.15) is 11.9 Å². The summed E-state index contributed by atoms with van der Waals surface area (Å²) >= 11 is 5.90. The molecule has 0 radical (unpaired) electrons. The molecule has 0 aromatic heterocycles. The Morgan fingerprint density at radius 1 is 1.22 bits per heavy atom. The summed E-state index contributed by atoms with van der Waals surface area (Å²) in [7, 11) is 0. The van der Waals surface area contributed by atoms with Gasteiger partial charge in [0.05, 0.1) is 6.54 Å². The lowest BCUT2D eigenvalue weighted by molar-refractivity contribution is -0.138. The van der Waals surface area contributed by atoms with Crippen molar-refractivity contribution in [1.29, 1.82) is 0 Å². The van der Waals surface area contributed by atoms with Gasteiger partial charge < -0.3 is 16.6 Å². The first-order valence-corrected chi connectivity index (χ1v) is 8.26. The molecule has 0 unspecified atom stereocenters. The van der Waals surface area contributed by atoms with Crippen molar-refractivity contribution in [3.8, 4) is 0 Å². The van der Waals surface area contributed by atoms with Crippen LogP contribution in [0.2, 0.25) is 5.02 Å². The van der Waals surface area contributed by atoms with Crippen LogP contribution >= 0.6 is 11.6 Å². The summed E-state index contributed by atoms with van der Waals surface area (Å²) in [6.45, 7) is 0.0806. The number of carboxylic acids is 1. The zero-order chi connectivity index (χ0) is 20.0. The smallest absolute Gasteiger partial charge is 0.320 e. The summed E-state index contributed by atoms with van der Waals surface area (Å²) in [6.07, 6.45) is 0.152. The van der Waals surface area contributed by atoms with Gasteiger partial charge in [-0.15, -0.1) is 0 Å². The van der Waals surface area contributed by atoms with E-state index in [2.05, 4.69) is 10.3 Å². The van der Waals surface area contributed by atoms with Gasteiger partial charge in [-0.2, -0.15) is 0 Å². The van der Waals surface area contributed by atoms with Gasteiger partial charge in [-0.3, -0.25) is 14.9 Å². The maximum atomic E-state index is 13.0. The monoisotopic (exact) mass is 392 g/mol. The number of hydrogen-bond acceptors (Lipinski definition) is 4. The Hall–Kier alpha value is -2.97. The summed E-state index contributed by atoms with van der Waals surface area (Å²) in [5, 5.41) is 11.5. The number of benzene rings is 2. The van der Waals surface area contributed by atoms with Crippen LogP contribution in [0.25, 0.3) is 0 Å². The van der Waals surface area contributed by atoms with Crippen LogP contribution in [0.15, 0.2) is 47.5 Å². The van der Waals surface area contributed by atoms with E-state index >= 15 is 0 Å². The second kappa shape index (κ2) is 9.11. The van der Waals surface area contributed by atoms with Gasteiger partial charge in [-0.05, 0) is 41.8 Å². The highest BCUT2D eigenvalue weighted by Crippen LogP contribution is 2.17. The molecule has 0 aliphatic rings. The van der Waals surface area contributed by atoms with Crippen LogP contribution < -0.4 is 16.8 Å². The van der Waals surface area contributed by atoms with Crippen molar-refractivity contribution in [2.45, 2.75) is 19.0 Å². The average molecular weight is 393 g/mol. The molecule has 27 heavy (non-hydrogen) atoms. The fraction of sp³-hybridized carbons (Fsp3) is 0.167. The Morgan fingerprint density at radius 2 is 1.89 bits per heavy atom. The second-order valence-electron chi connectivity index (χ2n) is 5.74. The molecule has 0 saturated heterocycles. The molecule has 0 fully saturated rings. The Kier molecular flexibility index (Phi) is 6.86. The highest BCUT2D eigenvalue weighted by atomic mass is 35.5. The molecule has 2 aromatic carbocycles. The standard InChI is InChI=1S/C18H18ClFN4O3/c19-14-8-13(20)6-5-12(14)9-23-18(22)24-16(25)11-3-1-10(2-4-11)7-15(21)17(26)27/h1-6,8,15H,7,9,21H2,(H,26,27)(H3,22,23,24,25)/t15-/m0/s1. The molecule has 1 amide bonds. The van der Waals surface area contributed by atoms with E-state index in [1.807, 2.05) is 0 Å². The Morgan fingerprint density at radius 3 is 2.48 bits per heavy atom. The van der Waals surface area contributed by atoms with Gasteiger partial charge in [0.25, 0.3) is 5.91 Å². The minimum Gasteiger partial charge on any atom is -0.480 e. The van der Waals surface area contributed by atoms with Gasteiger partial charge in [0, 0.05) is 10.6 Å². The van der Waals surface area contributed by atoms with Gasteiger partial charge in [0.15, 0.2) is 5.96 Å². The summed E-state index contributed by atoms with van der Waals surface area (Å²) in [4.78, 5) is 26.9. The number of carboxylic acid groups (broad SMARTS) is 1. The van der Waals surface area contributed by atoms with Crippen molar-refractivity contribution in [2.75, 3.05) is 0 Å². The van der Waals surface area contributed by atoms with E-state index in [0.717, 1.165) is 0 Å². The van der Waals surface area contributed by atoms with Gasteiger partial charge in [0.2, 0.25) is 0 Å². The maximum absolute atomic E-state index is 13.0. The molecule has 0 aliphatic carbocycles. The minimum atomic E-state index is -1.10. The first-order chi connectivity index (χ1) is 12.8. The van der Waals surface area contributed by atoms with Crippen molar-refractivity contribution in [1.82, 2.24) is 5.32 Å². The topological polar surface area (TPSA) is 131 Å². The van der Waals surface area contributed by atoms with Crippen molar-refractivity contribution in [3.63, 3.8) is 0 Å². The largest absolute Gasteiger partial charge is 0.480 e. The lowest BCUT2D eigenvalue weighted by Crippen LogP contribution is -2.36. The number of nitrogens with zero attached hydrogens (tertiary/aromatic N) is 1. The van der Waals surface area contributed by atoms with Crippen LogP contribution in [0, 0.1) is 5.82 Å². The Bertz CT molecular complexity index is 871. The summed E-state index contributed by atoms with van der Waals surface area (Å²) in [5.41, 5.74) is 12.7. The minimum absolute atomic E-state index is 0.0806. The molecule has 0 saturated carbocycles. The molecular weight excluding hydrogens is 375 g/mol. The number of nitrogens with two attached hydrogens (primary N) is 2. The molecule has 2 rings (SSSR count). The van der Waals surface area contributed by atoms with E-state index in [0.29, 0.717) is 16.7 Å². The molecule has 0 bridgehead atoms. The number of nitrogens with one attached hydrogen (secondary N) is 1. The third-order valence-electron chi connectivity index (χ3n) is 3.67. The van der Waals surface area contributed by atoms with Crippen molar-refractivity contribution in [3.05, 3.63) is 70.0 Å². The van der Waals surface area contributed by atoms with Crippen LogP contribution in [0.5, 0.6) is 0 Å². The number of guanidine groups is 1. The Balaban J connectivity index is 1.96. The van der Waals surface area contributed by atoms with Crippen molar-refractivity contribution in [2.24, 2.45) is 16.5 Å². The second-order valence-corrected chi connectivity index (χ2v) is 6.14. The molecule has 0 spiro atoms. The van der Waals surface area contributed by atoms with E-state index in [1.54, 1.807) is 12.1 Å². The number of aliphatic imine (C=N–C) groups is 1. The zero-order valence-electron chi connectivity index (χ0n) is 14.2. The van der Waals surface area contributed by atoms with Gasteiger partial charge in [-0.1, -0.05) is 29.8 Å². The molecule has 142 valence electrons. The van der Waals surface area contributed by atoms with Crippen molar-refractivity contribution < 1.29 is 19.1 Å². The number of carbonyl (C=O) groups is 2. The number of rotatable bonds is 6. The van der Waals surface area contributed by atoms with E-state index in [4.69, 9.17) is 28.2 Å². The van der Waals surface area contributed by atoms with E-state index in [9.17, 15) is 14.0 Å². The third kappa shape index (κ3) is 6.05. The quantitative estimate of drug-likeness (QED) is 0.438. The number of carbonyl (C=O) groups excluding carboxylic acids is 1. The van der Waals surface area contributed by atoms with E-state index in [-0.39, 0.29) is 23.9 Å². The summed E-state index contributed by atoms with van der Waals surface area (Å²) in [5.74, 6) is -2.14. The number of amides is 1. The number of aliphatic carboxylic acids is 1. The number of halogens is 2. The zero-order valence-corrected chi connectivity index (χ0v) is 14.9. The lowest BCUT2D eigenvalue weighted by atomic mass is 10.0. The predicted octanol–water partition coefficient (Wildman–Crippen LogP) is 1.68. The van der Waals surface area contributed by atoms with E-state index < -0.39 is 23.7 Å². The molecular formula is C18H18ClFN4O3. The fourth-order valence-corrected chi connectivity index (χ4v) is 2.41. The normalized spacial score (nSPS) is 12.5. The third-order valence-corrected chi connectivity index (χ3v) is 4.02. The molecule has 6 N–H and O–H groups in total. The van der Waals surface area contributed by atoms with E-state index in [1.165, 1.54) is 30.3 Å². The molecule has 1 atom stereocenters. The average Bonchev–Trinajstić information content (AvgIpc) is 2.61. The van der Waals surface area contributed by atoms with Crippen LogP contribution in [-0.4, -0.2) is 29.0 Å². The van der Waals surface area contributed by atoms with Crippen LogP contribution in [0.4, 0.5) is 4.39 Å².